The third-order valence-electron chi connectivity index (χ3n) is 7.01. The van der Waals surface area contributed by atoms with E-state index in [1.807, 2.05) is 0 Å². The van der Waals surface area contributed by atoms with Crippen LogP contribution in [0.15, 0.2) is 59.0 Å². The summed E-state index contributed by atoms with van der Waals surface area (Å²) in [5.74, 6) is -2.26. The lowest BCUT2D eigenvalue weighted by Crippen LogP contribution is -2.31. The predicted octanol–water partition coefficient (Wildman–Crippen LogP) is 3.62. The molecule has 39 heavy (non-hydrogen) atoms. The Kier molecular flexibility index (Phi) is 8.78. The van der Waals surface area contributed by atoms with E-state index >= 15 is 0 Å². The van der Waals surface area contributed by atoms with Crippen LogP contribution in [0, 0.1) is 10.1 Å². The van der Waals surface area contributed by atoms with Crippen molar-refractivity contribution in [3.05, 3.63) is 75.3 Å². The van der Waals surface area contributed by atoms with Crippen LogP contribution in [0.3, 0.4) is 0 Å². The molecule has 2 fully saturated rings. The normalized spacial score (nSPS) is 20.2. The van der Waals surface area contributed by atoms with Gasteiger partial charge in [-0.15, -0.1) is 0 Å². The Morgan fingerprint density at radius 2 is 1.74 bits per heavy atom. The molecule has 0 spiro atoms. The van der Waals surface area contributed by atoms with Gasteiger partial charge in [-0.2, -0.15) is 4.31 Å². The minimum Gasteiger partial charge on any atom is -0.507 e. The number of carbonyl (C=O) groups excluding carboxylic acids is 2. The van der Waals surface area contributed by atoms with Crippen LogP contribution in [0.5, 0.6) is 0 Å². The van der Waals surface area contributed by atoms with Crippen molar-refractivity contribution in [2.75, 3.05) is 33.4 Å². The van der Waals surface area contributed by atoms with Crippen molar-refractivity contribution in [3.8, 4) is 0 Å². The van der Waals surface area contributed by atoms with Gasteiger partial charge in [-0.3, -0.25) is 19.7 Å². The fourth-order valence-electron chi connectivity index (χ4n) is 5.02. The number of likely N-dealkylation sites (tertiary alicyclic amines) is 1. The Labute approximate surface area is 226 Å². The Bertz CT molecular complexity index is 1380. The van der Waals surface area contributed by atoms with Crippen LogP contribution in [0.25, 0.3) is 5.76 Å². The molecule has 4 rings (SSSR count). The summed E-state index contributed by atoms with van der Waals surface area (Å²) in [7, 11) is -2.22. The summed E-state index contributed by atoms with van der Waals surface area (Å²) in [6.45, 7) is 1.33. The molecule has 2 saturated heterocycles. The third-order valence-corrected chi connectivity index (χ3v) is 8.93. The lowest BCUT2D eigenvalue weighted by atomic mass is 9.95. The van der Waals surface area contributed by atoms with Crippen LogP contribution >= 0.6 is 0 Å². The van der Waals surface area contributed by atoms with E-state index in [9.17, 15) is 33.2 Å². The Morgan fingerprint density at radius 3 is 2.36 bits per heavy atom. The summed E-state index contributed by atoms with van der Waals surface area (Å²) in [5, 5.41) is 22.6. The van der Waals surface area contributed by atoms with E-state index in [4.69, 9.17) is 4.74 Å². The molecule has 208 valence electrons. The maximum absolute atomic E-state index is 13.2. The van der Waals surface area contributed by atoms with Crippen molar-refractivity contribution in [2.24, 2.45) is 0 Å². The highest BCUT2D eigenvalue weighted by molar-refractivity contribution is 7.89. The number of ether oxygens (including phenoxy) is 1. The number of methoxy groups -OCH3 is 1. The molecule has 1 N–H and O–H groups in total. The van der Waals surface area contributed by atoms with Crippen LogP contribution in [-0.2, 0) is 24.3 Å². The number of hydrogen-bond acceptors (Lipinski definition) is 8. The van der Waals surface area contributed by atoms with Gasteiger partial charge in [0.25, 0.3) is 17.4 Å². The zero-order chi connectivity index (χ0) is 28.2. The van der Waals surface area contributed by atoms with E-state index in [0.29, 0.717) is 31.7 Å². The smallest absolute Gasteiger partial charge is 0.295 e. The second kappa shape index (κ2) is 12.1. The summed E-state index contributed by atoms with van der Waals surface area (Å²) in [5.41, 5.74) is -0.00282. The average Bonchev–Trinajstić information content (AvgIpc) is 3.11. The Morgan fingerprint density at radius 1 is 1.08 bits per heavy atom. The standard InChI is InChI=1S/C27H31N3O8S/c1-38-17-7-16-29-24(20-8-6-9-21(18-20)30(34)35)23(26(32)27(29)33)25(31)19-10-12-22(13-11-19)39(36,37)28-14-4-2-3-5-15-28/h6,8-13,18,24,31H,2-5,7,14-17H2,1H3/t24-/m0/s1. The number of hydrogen-bond donors (Lipinski definition) is 1. The highest BCUT2D eigenvalue weighted by atomic mass is 32.2. The molecule has 11 nitrogen and oxygen atoms in total. The van der Waals surface area contributed by atoms with Gasteiger partial charge in [0.1, 0.15) is 5.76 Å². The number of aliphatic hydroxyl groups excluding tert-OH is 1. The SMILES string of the molecule is COCCCN1C(=O)C(=O)C(=C(O)c2ccc(S(=O)(=O)N3CCCCCC3)cc2)[C@@H]1c1cccc([N+](=O)[O-])c1. The van der Waals surface area contributed by atoms with Crippen LogP contribution in [0.1, 0.15) is 49.3 Å². The van der Waals surface area contributed by atoms with Crippen LogP contribution in [0.4, 0.5) is 5.69 Å². The van der Waals surface area contributed by atoms with Crippen molar-refractivity contribution in [1.82, 2.24) is 9.21 Å². The molecule has 2 heterocycles. The second-order valence-corrected chi connectivity index (χ2v) is 11.5. The first-order valence-corrected chi connectivity index (χ1v) is 14.2. The Balaban J connectivity index is 1.74. The molecule has 2 aromatic carbocycles. The summed E-state index contributed by atoms with van der Waals surface area (Å²) in [6.07, 6.45) is 3.94. The molecule has 2 aliphatic rings. The fraction of sp³-hybridized carbons (Fsp3) is 0.407. The van der Waals surface area contributed by atoms with E-state index in [2.05, 4.69) is 0 Å². The molecule has 0 aromatic heterocycles. The molecule has 0 unspecified atom stereocenters. The lowest BCUT2D eigenvalue weighted by molar-refractivity contribution is -0.384. The van der Waals surface area contributed by atoms with E-state index < -0.39 is 38.4 Å². The first-order chi connectivity index (χ1) is 18.7. The maximum Gasteiger partial charge on any atom is 0.295 e. The van der Waals surface area contributed by atoms with E-state index in [1.54, 1.807) is 6.07 Å². The molecule has 0 bridgehead atoms. The number of Topliss-reactive ketones (excluding diaryl/α,β-unsaturated/α-hetero) is 1. The topological polar surface area (TPSA) is 147 Å². The fourth-order valence-corrected chi connectivity index (χ4v) is 6.53. The number of nitro groups is 1. The second-order valence-electron chi connectivity index (χ2n) is 9.53. The van der Waals surface area contributed by atoms with Gasteiger partial charge >= 0.3 is 0 Å². The zero-order valence-corrected chi connectivity index (χ0v) is 22.4. The highest BCUT2D eigenvalue weighted by Crippen LogP contribution is 2.40. The van der Waals surface area contributed by atoms with Crippen LogP contribution < -0.4 is 0 Å². The van der Waals surface area contributed by atoms with Crippen molar-refractivity contribution in [1.29, 1.82) is 0 Å². The van der Waals surface area contributed by atoms with Crippen molar-refractivity contribution in [2.45, 2.75) is 43.0 Å². The van der Waals surface area contributed by atoms with Crippen molar-refractivity contribution < 1.29 is 32.8 Å². The summed E-state index contributed by atoms with van der Waals surface area (Å²) in [6, 6.07) is 10.0. The van der Waals surface area contributed by atoms with Crippen molar-refractivity contribution >= 4 is 33.2 Å². The monoisotopic (exact) mass is 557 g/mol. The minimum absolute atomic E-state index is 0.0659. The van der Waals surface area contributed by atoms with Crippen molar-refractivity contribution in [3.63, 3.8) is 0 Å². The number of aliphatic hydroxyl groups is 1. The maximum atomic E-state index is 13.2. The zero-order valence-electron chi connectivity index (χ0n) is 21.6. The number of carbonyl (C=O) groups is 2. The molecular formula is C27H31N3O8S. The van der Waals surface area contributed by atoms with Gasteiger partial charge < -0.3 is 14.7 Å². The van der Waals surface area contributed by atoms with E-state index in [0.717, 1.165) is 25.7 Å². The van der Waals surface area contributed by atoms with Gasteiger partial charge in [0.05, 0.1) is 21.4 Å². The first-order valence-electron chi connectivity index (χ1n) is 12.8. The lowest BCUT2D eigenvalue weighted by Gasteiger charge is -2.25. The molecule has 0 saturated carbocycles. The molecular weight excluding hydrogens is 526 g/mol. The Hall–Kier alpha value is -3.61. The van der Waals surface area contributed by atoms with Gasteiger partial charge in [0.2, 0.25) is 10.0 Å². The predicted molar refractivity (Wildman–Crippen MR) is 142 cm³/mol. The molecule has 2 aromatic rings. The molecule has 0 radical (unpaired) electrons. The number of non-ortho nitro benzene ring substituents is 1. The van der Waals surface area contributed by atoms with Crippen LogP contribution in [-0.4, -0.2) is 72.7 Å². The number of amides is 1. The largest absolute Gasteiger partial charge is 0.507 e. The summed E-state index contributed by atoms with van der Waals surface area (Å²) in [4.78, 5) is 38.3. The summed E-state index contributed by atoms with van der Waals surface area (Å²) < 4.78 is 32.8. The average molecular weight is 558 g/mol. The van der Waals surface area contributed by atoms with Crippen LogP contribution in [0.2, 0.25) is 0 Å². The van der Waals surface area contributed by atoms with E-state index in [-0.39, 0.29) is 28.3 Å². The molecule has 0 aliphatic carbocycles. The molecule has 1 amide bonds. The quantitative estimate of drug-likeness (QED) is 0.123. The molecule has 1 atom stereocenters. The minimum atomic E-state index is -3.72. The number of nitro benzene ring substituents is 1. The molecule has 12 heteroatoms. The summed E-state index contributed by atoms with van der Waals surface area (Å²) >= 11 is 0. The molecule has 2 aliphatic heterocycles. The van der Waals surface area contributed by atoms with E-state index in [1.165, 1.54) is 58.8 Å². The highest BCUT2D eigenvalue weighted by Gasteiger charge is 2.46. The number of benzene rings is 2. The van der Waals surface area contributed by atoms with Gasteiger partial charge in [-0.05, 0) is 49.1 Å². The van der Waals surface area contributed by atoms with Gasteiger partial charge in [0, 0.05) is 51.0 Å². The first kappa shape index (κ1) is 28.4. The number of rotatable bonds is 9. The third kappa shape index (κ3) is 5.87. The number of ketones is 1. The van der Waals surface area contributed by atoms with Gasteiger partial charge in [-0.25, -0.2) is 8.42 Å². The number of sulfonamides is 1. The van der Waals surface area contributed by atoms with Gasteiger partial charge in [-0.1, -0.05) is 25.0 Å². The number of nitrogens with zero attached hydrogens (tertiary/aromatic N) is 3. The van der Waals surface area contributed by atoms with Gasteiger partial charge in [0.15, 0.2) is 0 Å².